The van der Waals surface area contributed by atoms with E-state index in [1.807, 2.05) is 6.07 Å². The Morgan fingerprint density at radius 1 is 1.24 bits per heavy atom. The van der Waals surface area contributed by atoms with Crippen LogP contribution in [-0.2, 0) is 14.3 Å². The number of hydrogen-bond acceptors (Lipinski definition) is 4. The van der Waals surface area contributed by atoms with Crippen molar-refractivity contribution in [2.45, 2.75) is 6.92 Å². The van der Waals surface area contributed by atoms with Gasteiger partial charge in [0.25, 0.3) is 5.91 Å². The summed E-state index contributed by atoms with van der Waals surface area (Å²) in [6.45, 7) is 1.38. The molecule has 0 saturated heterocycles. The van der Waals surface area contributed by atoms with Crippen LogP contribution in [0.2, 0.25) is 5.02 Å². The summed E-state index contributed by atoms with van der Waals surface area (Å²) in [5.74, 6) is -1.09. The second-order valence-electron chi connectivity index (χ2n) is 5.14. The zero-order valence-corrected chi connectivity index (χ0v) is 14.2. The average molecular weight is 355 g/mol. The summed E-state index contributed by atoms with van der Waals surface area (Å²) in [5, 5.41) is 11.9. The first-order valence-electron chi connectivity index (χ1n) is 7.39. The van der Waals surface area contributed by atoms with Gasteiger partial charge in [-0.05, 0) is 48.4 Å². The molecular formula is C19H15ClN2O3. The molecule has 0 saturated carbocycles. The first kappa shape index (κ1) is 18.2. The van der Waals surface area contributed by atoms with Gasteiger partial charge in [0.05, 0.1) is 11.6 Å². The summed E-state index contributed by atoms with van der Waals surface area (Å²) in [5.41, 5.74) is 2.59. The fraction of sp³-hybridized carbons (Fsp3) is 0.105. The first-order chi connectivity index (χ1) is 12.0. The molecule has 0 unspecified atom stereocenters. The lowest BCUT2D eigenvalue weighted by atomic mass is 10.1. The number of halogens is 1. The second-order valence-corrected chi connectivity index (χ2v) is 5.54. The van der Waals surface area contributed by atoms with Crippen LogP contribution in [0.25, 0.3) is 6.08 Å². The Morgan fingerprint density at radius 2 is 1.96 bits per heavy atom. The molecule has 0 fully saturated rings. The highest BCUT2D eigenvalue weighted by Gasteiger charge is 2.08. The Balaban J connectivity index is 1.84. The number of nitriles is 1. The molecule has 5 nitrogen and oxygen atoms in total. The number of ether oxygens (including phenoxy) is 1. The lowest BCUT2D eigenvalue weighted by molar-refractivity contribution is -0.142. The van der Waals surface area contributed by atoms with Crippen molar-refractivity contribution in [1.29, 1.82) is 5.26 Å². The van der Waals surface area contributed by atoms with E-state index in [-0.39, 0.29) is 0 Å². The van der Waals surface area contributed by atoms with Gasteiger partial charge in [0, 0.05) is 16.8 Å². The van der Waals surface area contributed by atoms with E-state index in [9.17, 15) is 9.59 Å². The molecule has 2 aromatic carbocycles. The zero-order valence-electron chi connectivity index (χ0n) is 13.5. The molecule has 0 heterocycles. The summed E-state index contributed by atoms with van der Waals surface area (Å²) in [6.07, 6.45) is 2.77. The van der Waals surface area contributed by atoms with Crippen molar-refractivity contribution in [2.24, 2.45) is 0 Å². The van der Waals surface area contributed by atoms with E-state index in [0.717, 1.165) is 11.1 Å². The van der Waals surface area contributed by atoms with E-state index in [2.05, 4.69) is 5.32 Å². The molecular weight excluding hydrogens is 340 g/mol. The molecule has 1 N–H and O–H groups in total. The summed E-state index contributed by atoms with van der Waals surface area (Å²) in [4.78, 5) is 23.5. The third-order valence-electron chi connectivity index (χ3n) is 3.34. The van der Waals surface area contributed by atoms with Crippen LogP contribution in [0.5, 0.6) is 0 Å². The number of nitrogens with one attached hydrogen (secondary N) is 1. The Bertz CT molecular complexity index is 852. The van der Waals surface area contributed by atoms with Gasteiger partial charge in [0.1, 0.15) is 0 Å². The predicted octanol–water partition coefficient (Wildman–Crippen LogP) is 3.72. The van der Waals surface area contributed by atoms with Gasteiger partial charge in [-0.3, -0.25) is 4.79 Å². The molecule has 0 radical (unpaired) electrons. The SMILES string of the molecule is Cc1c(Cl)cccc1NC(=O)COC(=O)/C=C/c1ccc(C#N)cc1. The number of carbonyl (C=O) groups excluding carboxylic acids is 2. The van der Waals surface area contributed by atoms with Crippen molar-refractivity contribution in [1.82, 2.24) is 0 Å². The van der Waals surface area contributed by atoms with Gasteiger partial charge in [0.15, 0.2) is 6.61 Å². The summed E-state index contributed by atoms with van der Waals surface area (Å²) in [7, 11) is 0. The van der Waals surface area contributed by atoms with Crippen molar-refractivity contribution in [3.8, 4) is 6.07 Å². The molecule has 2 aromatic rings. The third-order valence-corrected chi connectivity index (χ3v) is 3.75. The van der Waals surface area contributed by atoms with E-state index < -0.39 is 18.5 Å². The lowest BCUT2D eigenvalue weighted by Gasteiger charge is -2.09. The summed E-state index contributed by atoms with van der Waals surface area (Å²) < 4.78 is 4.89. The Morgan fingerprint density at radius 3 is 2.64 bits per heavy atom. The quantitative estimate of drug-likeness (QED) is 0.655. The van der Waals surface area contributed by atoms with Crippen molar-refractivity contribution in [3.63, 3.8) is 0 Å². The molecule has 0 aliphatic heterocycles. The molecule has 0 aliphatic rings. The fourth-order valence-corrected chi connectivity index (χ4v) is 2.12. The molecule has 25 heavy (non-hydrogen) atoms. The van der Waals surface area contributed by atoms with Crippen molar-refractivity contribution in [3.05, 3.63) is 70.3 Å². The molecule has 1 amide bonds. The Hall–Kier alpha value is -3.10. The van der Waals surface area contributed by atoms with Crippen molar-refractivity contribution < 1.29 is 14.3 Å². The van der Waals surface area contributed by atoms with Gasteiger partial charge in [0.2, 0.25) is 0 Å². The van der Waals surface area contributed by atoms with E-state index in [1.54, 1.807) is 55.5 Å². The monoisotopic (exact) mass is 354 g/mol. The standard InChI is InChI=1S/C19H15ClN2O3/c1-13-16(20)3-2-4-17(13)22-18(23)12-25-19(24)10-9-14-5-7-15(11-21)8-6-14/h2-10H,12H2,1H3,(H,22,23)/b10-9+. The molecule has 0 aliphatic carbocycles. The molecule has 0 atom stereocenters. The number of benzene rings is 2. The topological polar surface area (TPSA) is 79.2 Å². The van der Waals surface area contributed by atoms with Crippen LogP contribution >= 0.6 is 11.6 Å². The van der Waals surface area contributed by atoms with Crippen LogP contribution in [0, 0.1) is 18.3 Å². The van der Waals surface area contributed by atoms with Crippen LogP contribution in [0.3, 0.4) is 0 Å². The summed E-state index contributed by atoms with van der Waals surface area (Å²) >= 11 is 5.98. The predicted molar refractivity (Wildman–Crippen MR) is 96.0 cm³/mol. The van der Waals surface area contributed by atoms with Gasteiger partial charge >= 0.3 is 5.97 Å². The number of anilines is 1. The highest BCUT2D eigenvalue weighted by Crippen LogP contribution is 2.22. The van der Waals surface area contributed by atoms with E-state index in [0.29, 0.717) is 16.3 Å². The van der Waals surface area contributed by atoms with Gasteiger partial charge in [-0.2, -0.15) is 5.26 Å². The van der Waals surface area contributed by atoms with E-state index in [1.165, 1.54) is 6.08 Å². The van der Waals surface area contributed by atoms with Crippen LogP contribution in [-0.4, -0.2) is 18.5 Å². The molecule has 6 heteroatoms. The first-order valence-corrected chi connectivity index (χ1v) is 7.77. The molecule has 2 rings (SSSR count). The molecule has 0 aromatic heterocycles. The minimum Gasteiger partial charge on any atom is -0.452 e. The number of rotatable bonds is 5. The van der Waals surface area contributed by atoms with Gasteiger partial charge < -0.3 is 10.1 Å². The number of carbonyl (C=O) groups is 2. The number of amides is 1. The number of nitrogens with zero attached hydrogens (tertiary/aromatic N) is 1. The maximum absolute atomic E-state index is 11.8. The molecule has 0 spiro atoms. The van der Waals surface area contributed by atoms with E-state index in [4.69, 9.17) is 21.6 Å². The maximum atomic E-state index is 11.8. The van der Waals surface area contributed by atoms with Crippen molar-refractivity contribution >= 4 is 35.2 Å². The zero-order chi connectivity index (χ0) is 18.2. The van der Waals surface area contributed by atoms with Crippen molar-refractivity contribution in [2.75, 3.05) is 11.9 Å². The molecule has 126 valence electrons. The average Bonchev–Trinajstić information content (AvgIpc) is 2.62. The van der Waals surface area contributed by atoms with Crippen LogP contribution in [0.15, 0.2) is 48.5 Å². The van der Waals surface area contributed by atoms with Gasteiger partial charge in [-0.25, -0.2) is 4.79 Å². The maximum Gasteiger partial charge on any atom is 0.331 e. The fourth-order valence-electron chi connectivity index (χ4n) is 1.95. The Kier molecular flexibility index (Phi) is 6.33. The Labute approximate surface area is 150 Å². The highest BCUT2D eigenvalue weighted by molar-refractivity contribution is 6.31. The minimum absolute atomic E-state index is 0.400. The van der Waals surface area contributed by atoms with Crippen LogP contribution < -0.4 is 5.32 Å². The smallest absolute Gasteiger partial charge is 0.331 e. The number of hydrogen-bond donors (Lipinski definition) is 1. The highest BCUT2D eigenvalue weighted by atomic mass is 35.5. The largest absolute Gasteiger partial charge is 0.452 e. The van der Waals surface area contributed by atoms with Gasteiger partial charge in [-0.1, -0.05) is 29.8 Å². The lowest BCUT2D eigenvalue weighted by Crippen LogP contribution is -2.20. The third kappa shape index (κ3) is 5.48. The number of esters is 1. The van der Waals surface area contributed by atoms with Crippen LogP contribution in [0.4, 0.5) is 5.69 Å². The van der Waals surface area contributed by atoms with Crippen LogP contribution in [0.1, 0.15) is 16.7 Å². The normalized spacial score (nSPS) is 10.3. The minimum atomic E-state index is -0.637. The van der Waals surface area contributed by atoms with Gasteiger partial charge in [-0.15, -0.1) is 0 Å². The second kappa shape index (κ2) is 8.67. The van der Waals surface area contributed by atoms with E-state index >= 15 is 0 Å². The molecule has 0 bridgehead atoms. The summed E-state index contributed by atoms with van der Waals surface area (Å²) in [6, 6.07) is 13.9.